The van der Waals surface area contributed by atoms with Crippen LogP contribution < -0.4 is 10.5 Å². The quantitative estimate of drug-likeness (QED) is 0.848. The monoisotopic (exact) mass is 265 g/mol. The second-order valence-electron chi connectivity index (χ2n) is 5.10. The summed E-state index contributed by atoms with van der Waals surface area (Å²) in [6.45, 7) is 4.58. The number of methoxy groups -OCH3 is 1. The van der Waals surface area contributed by atoms with Crippen LogP contribution in [0.2, 0.25) is 0 Å². The Bertz CT molecular complexity index is 508. The number of ether oxygens (including phenoxy) is 2. The Labute approximate surface area is 112 Å². The van der Waals surface area contributed by atoms with Gasteiger partial charge in [-0.1, -0.05) is 6.07 Å². The molecule has 1 fully saturated rings. The van der Waals surface area contributed by atoms with Crippen LogP contribution in [0.1, 0.15) is 16.7 Å². The van der Waals surface area contributed by atoms with Gasteiger partial charge in [0.25, 0.3) is 0 Å². The van der Waals surface area contributed by atoms with Crippen LogP contribution in [0.4, 0.5) is 0 Å². The van der Waals surface area contributed by atoms with E-state index < -0.39 is 17.4 Å². The highest BCUT2D eigenvalue weighted by molar-refractivity contribution is 5.77. The molecule has 0 radical (unpaired) electrons. The third-order valence-corrected chi connectivity index (χ3v) is 3.93. The van der Waals surface area contributed by atoms with Crippen LogP contribution in [0.5, 0.6) is 5.75 Å². The largest absolute Gasteiger partial charge is 0.496 e. The average molecular weight is 265 g/mol. The molecule has 1 aliphatic heterocycles. The molecule has 5 heteroatoms. The number of carboxylic acids is 1. The molecule has 0 aliphatic carbocycles. The summed E-state index contributed by atoms with van der Waals surface area (Å²) in [7, 11) is 1.58. The summed E-state index contributed by atoms with van der Waals surface area (Å²) < 4.78 is 10.6. The van der Waals surface area contributed by atoms with Crippen molar-refractivity contribution in [1.29, 1.82) is 0 Å². The molecule has 104 valence electrons. The number of rotatable bonds is 4. The molecule has 2 rings (SSSR count). The first-order valence-corrected chi connectivity index (χ1v) is 6.14. The van der Waals surface area contributed by atoms with Crippen molar-refractivity contribution in [3.8, 4) is 5.75 Å². The lowest BCUT2D eigenvalue weighted by Crippen LogP contribution is -2.62. The number of hydrogen-bond donors (Lipinski definition) is 2. The van der Waals surface area contributed by atoms with Gasteiger partial charge in [-0.15, -0.1) is 0 Å². The summed E-state index contributed by atoms with van der Waals surface area (Å²) in [5.41, 5.74) is 8.17. The third-order valence-electron chi connectivity index (χ3n) is 3.93. The molecular formula is C14H19NO4. The van der Waals surface area contributed by atoms with Crippen LogP contribution in [-0.4, -0.2) is 37.4 Å². The minimum atomic E-state index is -1.02. The maximum Gasteiger partial charge on any atom is 0.321 e. The Morgan fingerprint density at radius 1 is 1.42 bits per heavy atom. The first-order valence-electron chi connectivity index (χ1n) is 6.14. The number of hydrogen-bond acceptors (Lipinski definition) is 4. The normalized spacial score (nSPS) is 18.5. The molecule has 0 spiro atoms. The fourth-order valence-corrected chi connectivity index (χ4v) is 2.41. The number of aryl methyl sites for hydroxylation is 2. The first-order chi connectivity index (χ1) is 8.92. The SMILES string of the molecule is COc1cc(C)c(C)cc1C1(C(N)C(=O)O)COC1. The summed E-state index contributed by atoms with van der Waals surface area (Å²) in [4.78, 5) is 11.2. The first kappa shape index (κ1) is 13.8. The molecule has 1 atom stereocenters. The molecule has 1 aromatic rings. The molecule has 3 N–H and O–H groups in total. The summed E-state index contributed by atoms with van der Waals surface area (Å²) >= 11 is 0. The van der Waals surface area contributed by atoms with Crippen LogP contribution in [-0.2, 0) is 14.9 Å². The molecule has 0 amide bonds. The van der Waals surface area contributed by atoms with Crippen molar-refractivity contribution in [1.82, 2.24) is 0 Å². The lowest BCUT2D eigenvalue weighted by molar-refractivity contribution is -0.148. The zero-order valence-corrected chi connectivity index (χ0v) is 11.4. The van der Waals surface area contributed by atoms with Crippen molar-refractivity contribution >= 4 is 5.97 Å². The van der Waals surface area contributed by atoms with E-state index in [9.17, 15) is 9.90 Å². The van der Waals surface area contributed by atoms with Gasteiger partial charge in [0, 0.05) is 5.56 Å². The highest BCUT2D eigenvalue weighted by Crippen LogP contribution is 2.41. The van der Waals surface area contributed by atoms with E-state index in [1.54, 1.807) is 7.11 Å². The molecule has 1 aliphatic rings. The number of carboxylic acid groups (broad SMARTS) is 1. The average Bonchev–Trinajstić information content (AvgIpc) is 2.31. The molecule has 5 nitrogen and oxygen atoms in total. The van der Waals surface area contributed by atoms with Crippen molar-refractivity contribution in [2.75, 3.05) is 20.3 Å². The smallest absolute Gasteiger partial charge is 0.321 e. The van der Waals surface area contributed by atoms with E-state index >= 15 is 0 Å². The highest BCUT2D eigenvalue weighted by Gasteiger charge is 2.50. The van der Waals surface area contributed by atoms with Crippen LogP contribution in [0.25, 0.3) is 0 Å². The van der Waals surface area contributed by atoms with Gasteiger partial charge in [0.2, 0.25) is 0 Å². The second-order valence-corrected chi connectivity index (χ2v) is 5.10. The molecule has 1 heterocycles. The topological polar surface area (TPSA) is 81.8 Å². The van der Waals surface area contributed by atoms with Crippen LogP contribution in [0, 0.1) is 13.8 Å². The van der Waals surface area contributed by atoms with Crippen molar-refractivity contribution in [2.24, 2.45) is 5.73 Å². The van der Waals surface area contributed by atoms with Gasteiger partial charge >= 0.3 is 5.97 Å². The molecule has 0 aromatic heterocycles. The van der Waals surface area contributed by atoms with Gasteiger partial charge in [-0.25, -0.2) is 0 Å². The van der Waals surface area contributed by atoms with E-state index in [4.69, 9.17) is 15.2 Å². The van der Waals surface area contributed by atoms with Gasteiger partial charge in [0.15, 0.2) is 0 Å². The maximum absolute atomic E-state index is 11.2. The van der Waals surface area contributed by atoms with Gasteiger partial charge in [-0.3, -0.25) is 4.79 Å². The van der Waals surface area contributed by atoms with Crippen molar-refractivity contribution in [2.45, 2.75) is 25.3 Å². The fourth-order valence-electron chi connectivity index (χ4n) is 2.41. The van der Waals surface area contributed by atoms with Crippen LogP contribution >= 0.6 is 0 Å². The summed E-state index contributed by atoms with van der Waals surface area (Å²) in [6.07, 6.45) is 0. The Hall–Kier alpha value is -1.59. The summed E-state index contributed by atoms with van der Waals surface area (Å²) in [5.74, 6) is -0.355. The molecular weight excluding hydrogens is 246 g/mol. The van der Waals surface area contributed by atoms with E-state index in [0.717, 1.165) is 16.7 Å². The van der Waals surface area contributed by atoms with Gasteiger partial charge in [0.05, 0.1) is 25.7 Å². The van der Waals surface area contributed by atoms with Gasteiger partial charge < -0.3 is 20.3 Å². The van der Waals surface area contributed by atoms with E-state index in [1.807, 2.05) is 26.0 Å². The molecule has 1 unspecified atom stereocenters. The van der Waals surface area contributed by atoms with Gasteiger partial charge in [-0.2, -0.15) is 0 Å². The lowest BCUT2D eigenvalue weighted by atomic mass is 9.71. The summed E-state index contributed by atoms with van der Waals surface area (Å²) in [6, 6.07) is 2.87. The predicted molar refractivity (Wildman–Crippen MR) is 70.6 cm³/mol. The Balaban J connectivity index is 2.55. The van der Waals surface area contributed by atoms with Gasteiger partial charge in [0.1, 0.15) is 11.8 Å². The Kier molecular flexibility index (Phi) is 3.52. The summed E-state index contributed by atoms with van der Waals surface area (Å²) in [5, 5.41) is 9.21. The van der Waals surface area contributed by atoms with E-state index in [-0.39, 0.29) is 0 Å². The van der Waals surface area contributed by atoms with E-state index in [0.29, 0.717) is 19.0 Å². The number of carbonyl (C=O) groups is 1. The zero-order valence-electron chi connectivity index (χ0n) is 11.4. The molecule has 19 heavy (non-hydrogen) atoms. The highest BCUT2D eigenvalue weighted by atomic mass is 16.5. The minimum absolute atomic E-state index is 0.305. The molecule has 0 bridgehead atoms. The van der Waals surface area contributed by atoms with Crippen molar-refractivity contribution in [3.63, 3.8) is 0 Å². The zero-order chi connectivity index (χ0) is 14.2. The second kappa shape index (κ2) is 4.83. The van der Waals surface area contributed by atoms with Gasteiger partial charge in [-0.05, 0) is 31.0 Å². The standard InChI is InChI=1S/C14H19NO4/c1-8-4-10(11(18-3)5-9(8)2)14(6-19-7-14)12(15)13(16)17/h4-5,12H,6-7,15H2,1-3H3,(H,16,17). The lowest BCUT2D eigenvalue weighted by Gasteiger charge is -2.45. The predicted octanol–water partition coefficient (Wildman–Crippen LogP) is 0.992. The minimum Gasteiger partial charge on any atom is -0.496 e. The number of nitrogens with two attached hydrogens (primary N) is 1. The van der Waals surface area contributed by atoms with Crippen LogP contribution in [0.15, 0.2) is 12.1 Å². The number of benzene rings is 1. The van der Waals surface area contributed by atoms with E-state index in [2.05, 4.69) is 0 Å². The Morgan fingerprint density at radius 3 is 2.42 bits per heavy atom. The molecule has 1 saturated heterocycles. The van der Waals surface area contributed by atoms with Crippen molar-refractivity contribution in [3.05, 3.63) is 28.8 Å². The number of aliphatic carboxylic acids is 1. The fraction of sp³-hybridized carbons (Fsp3) is 0.500. The molecule has 1 aromatic carbocycles. The third kappa shape index (κ3) is 2.09. The Morgan fingerprint density at radius 2 is 2.00 bits per heavy atom. The maximum atomic E-state index is 11.2. The molecule has 0 saturated carbocycles. The van der Waals surface area contributed by atoms with Crippen molar-refractivity contribution < 1.29 is 19.4 Å². The van der Waals surface area contributed by atoms with Crippen LogP contribution in [0.3, 0.4) is 0 Å². The van der Waals surface area contributed by atoms with E-state index in [1.165, 1.54) is 0 Å².